The number of anilines is 1. The van der Waals surface area contributed by atoms with Crippen LogP contribution in [0.5, 0.6) is 5.75 Å². The highest BCUT2D eigenvalue weighted by molar-refractivity contribution is 5.89. The van der Waals surface area contributed by atoms with Gasteiger partial charge in [0.15, 0.2) is 0 Å². The number of rotatable bonds is 5. The van der Waals surface area contributed by atoms with Crippen molar-refractivity contribution in [1.82, 2.24) is 14.7 Å². The number of ether oxygens (including phenoxy) is 1. The minimum atomic E-state index is -0.0318. The Morgan fingerprint density at radius 1 is 0.923 bits per heavy atom. The number of hydrogen-bond acceptors (Lipinski definition) is 4. The molecule has 2 heterocycles. The zero-order chi connectivity index (χ0) is 27.2. The third-order valence-electron chi connectivity index (χ3n) is 7.82. The Morgan fingerprint density at radius 2 is 1.62 bits per heavy atom. The van der Waals surface area contributed by atoms with Crippen LogP contribution in [0.4, 0.5) is 10.5 Å². The lowest BCUT2D eigenvalue weighted by Gasteiger charge is -2.58. The molecule has 2 aliphatic rings. The summed E-state index contributed by atoms with van der Waals surface area (Å²) in [5.74, 6) is 7.77. The fraction of sp³-hybridized carbons (Fsp3) is 0.364. The number of benzene rings is 3. The Bertz CT molecular complexity index is 1300. The van der Waals surface area contributed by atoms with E-state index in [2.05, 4.69) is 65.3 Å². The zero-order valence-corrected chi connectivity index (χ0v) is 23.1. The molecule has 3 atom stereocenters. The molecule has 202 valence electrons. The maximum atomic E-state index is 13.1. The van der Waals surface area contributed by atoms with Crippen LogP contribution in [0.25, 0.3) is 0 Å². The lowest BCUT2D eigenvalue weighted by Crippen LogP contribution is -2.66. The van der Waals surface area contributed by atoms with Crippen molar-refractivity contribution < 1.29 is 9.53 Å². The summed E-state index contributed by atoms with van der Waals surface area (Å²) in [5.41, 5.74) is 4.20. The highest BCUT2D eigenvalue weighted by Crippen LogP contribution is 2.43. The Morgan fingerprint density at radius 3 is 2.28 bits per heavy atom. The lowest BCUT2D eigenvalue weighted by molar-refractivity contribution is -0.0414. The van der Waals surface area contributed by atoms with Crippen LogP contribution in [0.3, 0.4) is 0 Å². The summed E-state index contributed by atoms with van der Waals surface area (Å²) in [4.78, 5) is 20.0. The van der Waals surface area contributed by atoms with Crippen LogP contribution < -0.4 is 10.1 Å². The van der Waals surface area contributed by atoms with E-state index in [1.54, 1.807) is 7.11 Å². The third kappa shape index (κ3) is 6.44. The normalized spacial score (nSPS) is 21.0. The molecule has 0 spiro atoms. The van der Waals surface area contributed by atoms with Gasteiger partial charge in [0.1, 0.15) is 5.75 Å². The van der Waals surface area contributed by atoms with Gasteiger partial charge in [-0.05, 0) is 81.0 Å². The molecular formula is C33H38N4O2. The monoisotopic (exact) mass is 522 g/mol. The first-order chi connectivity index (χ1) is 19.0. The predicted molar refractivity (Wildman–Crippen MR) is 157 cm³/mol. The van der Waals surface area contributed by atoms with Crippen molar-refractivity contribution in [3.8, 4) is 17.6 Å². The molecule has 2 amide bonds. The van der Waals surface area contributed by atoms with Gasteiger partial charge in [-0.25, -0.2) is 4.79 Å². The van der Waals surface area contributed by atoms with E-state index >= 15 is 0 Å². The second kappa shape index (κ2) is 12.4. The molecule has 1 N–H and O–H groups in total. The van der Waals surface area contributed by atoms with Crippen LogP contribution >= 0.6 is 0 Å². The summed E-state index contributed by atoms with van der Waals surface area (Å²) in [7, 11) is 5.95. The average Bonchev–Trinajstić information content (AvgIpc) is 2.94. The van der Waals surface area contributed by atoms with Crippen molar-refractivity contribution >= 4 is 11.7 Å². The second-order valence-electron chi connectivity index (χ2n) is 10.7. The number of carbonyl (C=O) groups excluding carboxylic acids is 1. The number of hydrogen-bond donors (Lipinski definition) is 1. The fourth-order valence-electron chi connectivity index (χ4n) is 5.91. The molecule has 2 fully saturated rings. The maximum Gasteiger partial charge on any atom is 0.321 e. The summed E-state index contributed by atoms with van der Waals surface area (Å²) in [6.07, 6.45) is 1.93. The van der Waals surface area contributed by atoms with E-state index in [0.717, 1.165) is 61.6 Å². The van der Waals surface area contributed by atoms with E-state index in [0.29, 0.717) is 18.0 Å². The van der Waals surface area contributed by atoms with E-state index in [4.69, 9.17) is 4.74 Å². The van der Waals surface area contributed by atoms with Gasteiger partial charge in [-0.3, -0.25) is 4.90 Å². The summed E-state index contributed by atoms with van der Waals surface area (Å²) < 4.78 is 5.23. The van der Waals surface area contributed by atoms with Gasteiger partial charge in [-0.2, -0.15) is 0 Å². The summed E-state index contributed by atoms with van der Waals surface area (Å²) in [5, 5.41) is 3.06. The number of likely N-dealkylation sites (N-methyl/N-ethyl adjacent to an activating group) is 1. The number of fused-ring (bicyclic) bond motifs is 1. The highest BCUT2D eigenvalue weighted by atomic mass is 16.5. The summed E-state index contributed by atoms with van der Waals surface area (Å²) in [6, 6.07) is 27.3. The van der Waals surface area contributed by atoms with Gasteiger partial charge in [-0.1, -0.05) is 42.2 Å². The molecule has 3 aromatic rings. The van der Waals surface area contributed by atoms with Crippen LogP contribution in [0, 0.1) is 11.8 Å². The molecule has 2 saturated heterocycles. The highest BCUT2D eigenvalue weighted by Gasteiger charge is 2.48. The minimum absolute atomic E-state index is 0.0318. The number of urea groups is 1. The first kappa shape index (κ1) is 26.8. The van der Waals surface area contributed by atoms with Crippen LogP contribution in [0.1, 0.15) is 35.4 Å². The summed E-state index contributed by atoms with van der Waals surface area (Å²) in [6.45, 7) is 3.54. The molecular weight excluding hydrogens is 484 g/mol. The van der Waals surface area contributed by atoms with E-state index in [9.17, 15) is 4.79 Å². The predicted octanol–water partition coefficient (Wildman–Crippen LogP) is 5.12. The zero-order valence-electron chi connectivity index (χ0n) is 23.1. The number of carbonyl (C=O) groups is 1. The third-order valence-corrected chi connectivity index (χ3v) is 7.82. The Kier molecular flexibility index (Phi) is 8.51. The van der Waals surface area contributed by atoms with Gasteiger partial charge in [0, 0.05) is 61.0 Å². The topological polar surface area (TPSA) is 48.1 Å². The minimum Gasteiger partial charge on any atom is -0.497 e. The standard InChI is InChI=1S/C33H38N4O2/c1-35(2)24-31-32(27-14-12-26(13-15-27)11-10-25-8-5-4-6-9-25)30-20-23-36(21-7-22-37(30)31)33(38)34-28-16-18-29(39-3)19-17-28/h4-6,8-9,12-19,30-32H,7,20-24H2,1-3H3,(H,34,38)/t30-,31+,32+/m0/s1. The van der Waals surface area contributed by atoms with Gasteiger partial charge in [-0.15, -0.1) is 0 Å². The average molecular weight is 523 g/mol. The van der Waals surface area contributed by atoms with Crippen LogP contribution in [-0.4, -0.2) is 80.2 Å². The molecule has 0 unspecified atom stereocenters. The van der Waals surface area contributed by atoms with Crippen molar-refractivity contribution in [3.05, 3.63) is 95.6 Å². The number of methoxy groups -OCH3 is 1. The summed E-state index contributed by atoms with van der Waals surface area (Å²) >= 11 is 0. The van der Waals surface area contributed by atoms with Gasteiger partial charge in [0.05, 0.1) is 7.11 Å². The largest absolute Gasteiger partial charge is 0.497 e. The quantitative estimate of drug-likeness (QED) is 0.473. The molecule has 0 aromatic heterocycles. The molecule has 6 heteroatoms. The van der Waals surface area contributed by atoms with Crippen molar-refractivity contribution in [1.29, 1.82) is 0 Å². The van der Waals surface area contributed by atoms with E-state index in [1.807, 2.05) is 59.5 Å². The molecule has 39 heavy (non-hydrogen) atoms. The van der Waals surface area contributed by atoms with E-state index < -0.39 is 0 Å². The molecule has 3 aromatic carbocycles. The second-order valence-corrected chi connectivity index (χ2v) is 10.7. The Hall–Kier alpha value is -3.79. The smallest absolute Gasteiger partial charge is 0.321 e. The molecule has 0 radical (unpaired) electrons. The van der Waals surface area contributed by atoms with Crippen LogP contribution in [0.2, 0.25) is 0 Å². The molecule has 0 aliphatic carbocycles. The van der Waals surface area contributed by atoms with E-state index in [1.165, 1.54) is 5.56 Å². The van der Waals surface area contributed by atoms with Gasteiger partial charge in [0.25, 0.3) is 0 Å². The molecule has 0 bridgehead atoms. The first-order valence-electron chi connectivity index (χ1n) is 13.8. The lowest BCUT2D eigenvalue weighted by atomic mass is 9.72. The van der Waals surface area contributed by atoms with Crippen molar-refractivity contribution in [2.45, 2.75) is 30.8 Å². The van der Waals surface area contributed by atoms with Gasteiger partial charge >= 0.3 is 6.03 Å². The van der Waals surface area contributed by atoms with Crippen molar-refractivity contribution in [2.24, 2.45) is 0 Å². The van der Waals surface area contributed by atoms with Crippen LogP contribution in [0.15, 0.2) is 78.9 Å². The molecule has 5 rings (SSSR count). The van der Waals surface area contributed by atoms with E-state index in [-0.39, 0.29) is 6.03 Å². The van der Waals surface area contributed by atoms with Crippen LogP contribution in [-0.2, 0) is 0 Å². The first-order valence-corrected chi connectivity index (χ1v) is 13.8. The van der Waals surface area contributed by atoms with Crippen molar-refractivity contribution in [3.63, 3.8) is 0 Å². The molecule has 2 aliphatic heterocycles. The van der Waals surface area contributed by atoms with Crippen molar-refractivity contribution in [2.75, 3.05) is 52.7 Å². The maximum absolute atomic E-state index is 13.1. The van der Waals surface area contributed by atoms with Gasteiger partial charge < -0.3 is 19.9 Å². The Balaban J connectivity index is 1.27. The number of nitrogens with one attached hydrogen (secondary N) is 1. The van der Waals surface area contributed by atoms with Gasteiger partial charge in [0.2, 0.25) is 0 Å². The Labute approximate surface area is 232 Å². The fourth-order valence-corrected chi connectivity index (χ4v) is 5.91. The molecule has 0 saturated carbocycles. The SMILES string of the molecule is COc1ccc(NC(=O)N2CCCN3[C@H](CN(C)C)[C@H](c4ccc(C#Cc5ccccc5)cc4)[C@@H]3CC2)cc1. The number of nitrogens with zero attached hydrogens (tertiary/aromatic N) is 3. The molecule has 6 nitrogen and oxygen atoms in total. The number of amides is 2.